The van der Waals surface area contributed by atoms with Gasteiger partial charge in [-0.05, 0) is 79.4 Å². The van der Waals surface area contributed by atoms with E-state index in [1.54, 1.807) is 6.07 Å². The largest absolute Gasteiger partial charge is 0.494 e. The van der Waals surface area contributed by atoms with Gasteiger partial charge in [0.15, 0.2) is 0 Å². The fourth-order valence-corrected chi connectivity index (χ4v) is 6.95. The Hall–Kier alpha value is -3.36. The lowest BCUT2D eigenvalue weighted by Crippen LogP contribution is -2.46. The Morgan fingerprint density at radius 1 is 0.864 bits per heavy atom. The van der Waals surface area contributed by atoms with Gasteiger partial charge in [0.25, 0.3) is 5.56 Å². The molecule has 1 fully saturated rings. The molecule has 0 N–H and O–H groups in total. The first-order valence-electron chi connectivity index (χ1n) is 16.6. The summed E-state index contributed by atoms with van der Waals surface area (Å²) in [5.74, 6) is 0.699. The van der Waals surface area contributed by atoms with Crippen LogP contribution in [0.1, 0.15) is 65.2 Å². The molecule has 2 aromatic heterocycles. The highest BCUT2D eigenvalue weighted by Gasteiger charge is 2.20. The van der Waals surface area contributed by atoms with Crippen molar-refractivity contribution >= 4 is 44.0 Å². The van der Waals surface area contributed by atoms with E-state index in [1.807, 2.05) is 34.4 Å². The van der Waals surface area contributed by atoms with Crippen molar-refractivity contribution in [3.8, 4) is 5.75 Å². The normalized spacial score (nSPS) is 14.0. The smallest absolute Gasteiger partial charge is 0.331 e. The van der Waals surface area contributed by atoms with Crippen LogP contribution in [0.15, 0.2) is 64.8 Å². The number of hydrogen-bond donors (Lipinski definition) is 0. The third-order valence-corrected chi connectivity index (χ3v) is 9.60. The Balaban J connectivity index is 1.13. The van der Waals surface area contributed by atoms with Crippen LogP contribution in [0, 0.1) is 0 Å². The molecule has 0 bridgehead atoms. The molecule has 0 unspecified atom stereocenters. The van der Waals surface area contributed by atoms with E-state index < -0.39 is 0 Å². The first-order valence-corrected chi connectivity index (χ1v) is 17.5. The average molecular weight is 617 g/mol. The van der Waals surface area contributed by atoms with Gasteiger partial charge in [0.2, 0.25) is 0 Å². The number of piperazine rings is 1. The van der Waals surface area contributed by atoms with Gasteiger partial charge in [-0.15, -0.1) is 11.3 Å². The van der Waals surface area contributed by atoms with Crippen molar-refractivity contribution in [1.29, 1.82) is 0 Å². The third-order valence-electron chi connectivity index (χ3n) is 8.72. The van der Waals surface area contributed by atoms with Gasteiger partial charge in [0, 0.05) is 67.2 Å². The van der Waals surface area contributed by atoms with Crippen LogP contribution in [0.3, 0.4) is 0 Å². The molecule has 0 atom stereocenters. The van der Waals surface area contributed by atoms with Crippen LogP contribution >= 0.6 is 11.3 Å². The summed E-state index contributed by atoms with van der Waals surface area (Å²) >= 11 is 1.81. The van der Waals surface area contributed by atoms with E-state index in [0.717, 1.165) is 89.5 Å². The molecule has 0 spiro atoms. The molecule has 0 saturated carbocycles. The summed E-state index contributed by atoms with van der Waals surface area (Å²) in [6.45, 7) is 11.6. The van der Waals surface area contributed by atoms with Crippen molar-refractivity contribution in [2.45, 2.75) is 65.2 Å². The lowest BCUT2D eigenvalue weighted by atomic mass is 10.2. The van der Waals surface area contributed by atoms with E-state index in [-0.39, 0.29) is 11.6 Å². The van der Waals surface area contributed by atoms with Crippen molar-refractivity contribution in [3.05, 3.63) is 70.3 Å². The monoisotopic (exact) mass is 616 g/mol. The number of pyridine rings is 1. The Labute approximate surface area is 266 Å². The van der Waals surface area contributed by atoms with Gasteiger partial charge in [-0.25, -0.2) is 9.36 Å². The zero-order chi connectivity index (χ0) is 30.7. The molecule has 236 valence electrons. The number of carbonyl (C=O) groups is 1. The summed E-state index contributed by atoms with van der Waals surface area (Å²) in [5, 5.41) is 4.41. The Morgan fingerprint density at radius 2 is 1.61 bits per heavy atom. The number of anilines is 1. The lowest BCUT2D eigenvalue weighted by molar-refractivity contribution is 0.197. The number of thiophene rings is 1. The minimum Gasteiger partial charge on any atom is -0.494 e. The van der Waals surface area contributed by atoms with Crippen molar-refractivity contribution in [3.63, 3.8) is 0 Å². The Morgan fingerprint density at radius 3 is 2.36 bits per heavy atom. The molecular weight excluding hydrogens is 568 g/mol. The quantitative estimate of drug-likeness (QED) is 0.127. The summed E-state index contributed by atoms with van der Waals surface area (Å²) in [7, 11) is 0. The second kappa shape index (κ2) is 16.1. The summed E-state index contributed by atoms with van der Waals surface area (Å²) < 4.78 is 8.84. The molecule has 44 heavy (non-hydrogen) atoms. The number of carbonyl (C=O) groups excluding carboxylic acids is 1. The predicted octanol–water partition coefficient (Wildman–Crippen LogP) is 7.85. The van der Waals surface area contributed by atoms with E-state index in [9.17, 15) is 9.59 Å². The number of hydrogen-bond acceptors (Lipinski definition) is 6. The van der Waals surface area contributed by atoms with E-state index >= 15 is 0 Å². The first kappa shape index (κ1) is 32.0. The van der Waals surface area contributed by atoms with E-state index in [1.165, 1.54) is 26.4 Å². The van der Waals surface area contributed by atoms with Crippen molar-refractivity contribution in [2.75, 3.05) is 57.3 Å². The highest BCUT2D eigenvalue weighted by Crippen LogP contribution is 2.31. The van der Waals surface area contributed by atoms with Crippen molar-refractivity contribution in [2.24, 2.45) is 0 Å². The zero-order valence-electron chi connectivity index (χ0n) is 26.5. The van der Waals surface area contributed by atoms with Crippen LogP contribution in [0.2, 0.25) is 0 Å². The Kier molecular flexibility index (Phi) is 11.7. The molecule has 1 saturated heterocycles. The Bertz CT molecular complexity index is 1550. The zero-order valence-corrected chi connectivity index (χ0v) is 27.3. The van der Waals surface area contributed by atoms with Crippen LogP contribution < -0.4 is 15.2 Å². The topological polar surface area (TPSA) is 58.0 Å². The number of fused-ring (bicyclic) bond motifs is 2. The summed E-state index contributed by atoms with van der Waals surface area (Å²) in [5.41, 5.74) is 1.69. The fraction of sp³-hybridized carbons (Fsp3) is 0.500. The molecule has 0 aliphatic carbocycles. The molecule has 8 heteroatoms. The maximum atomic E-state index is 13.7. The molecule has 5 rings (SSSR count). The number of amides is 1. The number of benzene rings is 2. The van der Waals surface area contributed by atoms with Crippen LogP contribution in [0.4, 0.5) is 10.5 Å². The van der Waals surface area contributed by atoms with Crippen LogP contribution in [-0.2, 0) is 0 Å². The molecule has 1 aliphatic rings. The lowest BCUT2D eigenvalue weighted by Gasteiger charge is -2.36. The molecule has 0 radical (unpaired) electrons. The van der Waals surface area contributed by atoms with Gasteiger partial charge in [-0.1, -0.05) is 45.6 Å². The molecule has 7 nitrogen and oxygen atoms in total. The second-order valence-corrected chi connectivity index (χ2v) is 12.9. The van der Waals surface area contributed by atoms with Gasteiger partial charge in [0.1, 0.15) is 5.75 Å². The van der Waals surface area contributed by atoms with Gasteiger partial charge < -0.3 is 14.5 Å². The van der Waals surface area contributed by atoms with Gasteiger partial charge in [-0.3, -0.25) is 9.69 Å². The second-order valence-electron chi connectivity index (χ2n) is 11.9. The molecule has 1 aliphatic heterocycles. The molecule has 2 aromatic carbocycles. The van der Waals surface area contributed by atoms with Crippen molar-refractivity contribution in [1.82, 2.24) is 14.4 Å². The van der Waals surface area contributed by atoms with E-state index in [0.29, 0.717) is 31.0 Å². The standard InChI is InChI=1S/C36H48N4O3S/c1-3-5-7-20-39(21-8-6-4-2)36(42)40-33-28-30(16-14-29(33)15-17-35(40)41)43-26-10-9-19-37-22-24-38(25-23-37)32-12-11-13-34-31(32)18-27-44-34/h11-18,27-28H,3-10,19-26H2,1-2H3. The summed E-state index contributed by atoms with van der Waals surface area (Å²) in [4.78, 5) is 33.7. The highest BCUT2D eigenvalue weighted by atomic mass is 32.1. The van der Waals surface area contributed by atoms with Crippen LogP contribution in [0.25, 0.3) is 21.0 Å². The minimum absolute atomic E-state index is 0.225. The fourth-order valence-electron chi connectivity index (χ4n) is 6.14. The highest BCUT2D eigenvalue weighted by molar-refractivity contribution is 7.17. The molecule has 3 heterocycles. The van der Waals surface area contributed by atoms with Crippen LogP contribution in [0.5, 0.6) is 5.75 Å². The maximum Gasteiger partial charge on any atom is 0.331 e. The number of nitrogens with zero attached hydrogens (tertiary/aromatic N) is 4. The van der Waals surface area contributed by atoms with Gasteiger partial charge in [0.05, 0.1) is 12.1 Å². The number of ether oxygens (including phenoxy) is 1. The molecular formula is C36H48N4O3S. The van der Waals surface area contributed by atoms with Gasteiger partial charge >= 0.3 is 6.03 Å². The predicted molar refractivity (Wildman–Crippen MR) is 185 cm³/mol. The van der Waals surface area contributed by atoms with E-state index in [2.05, 4.69) is 53.3 Å². The number of rotatable bonds is 15. The minimum atomic E-state index is -0.289. The van der Waals surface area contributed by atoms with Gasteiger partial charge in [-0.2, -0.15) is 0 Å². The number of aromatic nitrogens is 1. The average Bonchev–Trinajstić information content (AvgIpc) is 3.53. The SMILES string of the molecule is CCCCCN(CCCCC)C(=O)n1c(=O)ccc2ccc(OCCCCN3CCN(c4cccc5sccc45)CC3)cc21. The van der Waals surface area contributed by atoms with E-state index in [4.69, 9.17) is 4.74 Å². The van der Waals surface area contributed by atoms with Crippen LogP contribution in [-0.4, -0.2) is 72.8 Å². The maximum absolute atomic E-state index is 13.7. The molecule has 1 amide bonds. The summed E-state index contributed by atoms with van der Waals surface area (Å²) in [6.07, 6.45) is 8.25. The van der Waals surface area contributed by atoms with Crippen molar-refractivity contribution < 1.29 is 9.53 Å². The first-order chi connectivity index (χ1) is 21.6. The third kappa shape index (κ3) is 8.02. The summed E-state index contributed by atoms with van der Waals surface area (Å²) in [6, 6.07) is 17.7. The molecule has 4 aromatic rings. The number of unbranched alkanes of at least 4 members (excludes halogenated alkanes) is 5.